The molecule has 2 saturated heterocycles. The fourth-order valence-corrected chi connectivity index (χ4v) is 4.50. The van der Waals surface area contributed by atoms with Gasteiger partial charge >= 0.3 is 0 Å². The number of hydrogen-bond acceptors (Lipinski definition) is 3. The second-order valence-corrected chi connectivity index (χ2v) is 7.51. The molecule has 4 heteroatoms. The van der Waals surface area contributed by atoms with Crippen LogP contribution in [0.5, 0.6) is 5.75 Å². The van der Waals surface area contributed by atoms with Crippen LogP contribution in [0.1, 0.15) is 22.7 Å². The van der Waals surface area contributed by atoms with E-state index in [0.717, 1.165) is 30.9 Å². The largest absolute Gasteiger partial charge is 0.497 e. The number of fused-ring (bicyclic) bond motifs is 1. The first-order chi connectivity index (χ1) is 12.7. The fourth-order valence-electron chi connectivity index (χ4n) is 4.50. The molecule has 0 aromatic heterocycles. The molecule has 2 aromatic carbocycles. The minimum absolute atomic E-state index is 0.151. The second-order valence-electron chi connectivity index (χ2n) is 7.51. The van der Waals surface area contributed by atoms with E-state index in [9.17, 15) is 4.79 Å². The number of hydrogen-bond donors (Lipinski definition) is 1. The predicted molar refractivity (Wildman–Crippen MR) is 102 cm³/mol. The summed E-state index contributed by atoms with van der Waals surface area (Å²) in [4.78, 5) is 15.3. The van der Waals surface area contributed by atoms with Crippen LogP contribution in [0.3, 0.4) is 0 Å². The Balaban J connectivity index is 1.59. The smallest absolute Gasteiger partial charge is 0.227 e. The topological polar surface area (TPSA) is 41.6 Å². The number of likely N-dealkylation sites (tertiary alicyclic amines) is 1. The van der Waals surface area contributed by atoms with Gasteiger partial charge in [0.05, 0.1) is 19.6 Å². The van der Waals surface area contributed by atoms with Gasteiger partial charge in [0, 0.05) is 25.6 Å². The molecule has 2 aliphatic rings. The van der Waals surface area contributed by atoms with E-state index in [1.807, 2.05) is 24.3 Å². The number of nitrogens with one attached hydrogen (secondary N) is 1. The van der Waals surface area contributed by atoms with Crippen LogP contribution in [0.4, 0.5) is 0 Å². The zero-order valence-electron chi connectivity index (χ0n) is 15.4. The van der Waals surface area contributed by atoms with Crippen molar-refractivity contribution >= 4 is 5.91 Å². The molecule has 2 fully saturated rings. The van der Waals surface area contributed by atoms with E-state index >= 15 is 0 Å². The van der Waals surface area contributed by atoms with E-state index in [4.69, 9.17) is 4.74 Å². The van der Waals surface area contributed by atoms with Crippen LogP contribution in [0.25, 0.3) is 0 Å². The summed E-state index contributed by atoms with van der Waals surface area (Å²) < 4.78 is 5.29. The third-order valence-corrected chi connectivity index (χ3v) is 5.78. The van der Waals surface area contributed by atoms with Crippen LogP contribution >= 0.6 is 0 Å². The first-order valence-corrected chi connectivity index (χ1v) is 9.35. The van der Waals surface area contributed by atoms with Gasteiger partial charge in [-0.3, -0.25) is 4.79 Å². The Morgan fingerprint density at radius 1 is 1.19 bits per heavy atom. The second kappa shape index (κ2) is 7.12. The van der Waals surface area contributed by atoms with E-state index in [1.54, 1.807) is 7.11 Å². The van der Waals surface area contributed by atoms with Gasteiger partial charge in [0.1, 0.15) is 5.75 Å². The molecular formula is C22H26N2O2. The molecule has 0 bridgehead atoms. The summed E-state index contributed by atoms with van der Waals surface area (Å²) >= 11 is 0. The zero-order chi connectivity index (χ0) is 18.1. The molecule has 0 saturated carbocycles. The molecule has 4 nitrogen and oxygen atoms in total. The van der Waals surface area contributed by atoms with Gasteiger partial charge in [0.15, 0.2) is 0 Å². The molecule has 1 amide bonds. The van der Waals surface area contributed by atoms with Crippen molar-refractivity contribution in [2.75, 3.05) is 26.7 Å². The summed E-state index contributed by atoms with van der Waals surface area (Å²) in [6.07, 6.45) is 0.473. The van der Waals surface area contributed by atoms with Gasteiger partial charge in [-0.05, 0) is 36.1 Å². The monoisotopic (exact) mass is 350 g/mol. The molecule has 4 rings (SSSR count). The number of benzene rings is 2. The number of aryl methyl sites for hydroxylation is 1. The third-order valence-electron chi connectivity index (χ3n) is 5.78. The van der Waals surface area contributed by atoms with Gasteiger partial charge < -0.3 is 15.0 Å². The Morgan fingerprint density at radius 3 is 2.73 bits per heavy atom. The van der Waals surface area contributed by atoms with Crippen LogP contribution < -0.4 is 10.1 Å². The zero-order valence-corrected chi connectivity index (χ0v) is 15.4. The van der Waals surface area contributed by atoms with E-state index in [2.05, 4.69) is 41.4 Å². The molecule has 0 spiro atoms. The van der Waals surface area contributed by atoms with Crippen molar-refractivity contribution in [3.63, 3.8) is 0 Å². The Morgan fingerprint density at radius 2 is 2.00 bits per heavy atom. The van der Waals surface area contributed by atoms with Crippen LogP contribution in [0.15, 0.2) is 48.5 Å². The highest BCUT2D eigenvalue weighted by molar-refractivity contribution is 5.80. The van der Waals surface area contributed by atoms with Crippen molar-refractivity contribution in [2.24, 2.45) is 11.8 Å². The number of carbonyl (C=O) groups excluding carboxylic acids is 1. The summed E-state index contributed by atoms with van der Waals surface area (Å²) in [5.74, 6) is 2.12. The Hall–Kier alpha value is -2.33. The number of carbonyl (C=O) groups is 1. The lowest BCUT2D eigenvalue weighted by Crippen LogP contribution is -2.35. The fraction of sp³-hybridized carbons (Fsp3) is 0.409. The number of ether oxygens (including phenoxy) is 1. The first kappa shape index (κ1) is 17.1. The number of nitrogens with zero attached hydrogens (tertiary/aromatic N) is 1. The molecule has 1 N–H and O–H groups in total. The van der Waals surface area contributed by atoms with E-state index < -0.39 is 0 Å². The highest BCUT2D eigenvalue weighted by atomic mass is 16.5. The van der Waals surface area contributed by atoms with Crippen LogP contribution in [0.2, 0.25) is 0 Å². The molecule has 2 aliphatic heterocycles. The third kappa shape index (κ3) is 3.21. The molecule has 2 heterocycles. The lowest BCUT2D eigenvalue weighted by atomic mass is 9.89. The summed E-state index contributed by atoms with van der Waals surface area (Å²) in [5, 5.41) is 3.50. The lowest BCUT2D eigenvalue weighted by molar-refractivity contribution is -0.131. The van der Waals surface area contributed by atoms with Gasteiger partial charge in [0.25, 0.3) is 0 Å². The summed E-state index contributed by atoms with van der Waals surface area (Å²) in [5.41, 5.74) is 3.50. The van der Waals surface area contributed by atoms with Gasteiger partial charge in [-0.2, -0.15) is 0 Å². The average molecular weight is 350 g/mol. The summed E-state index contributed by atoms with van der Waals surface area (Å²) in [6.45, 7) is 4.90. The maximum absolute atomic E-state index is 13.1. The van der Waals surface area contributed by atoms with Gasteiger partial charge in [-0.1, -0.05) is 42.0 Å². The highest BCUT2D eigenvalue weighted by Gasteiger charge is 2.46. The SMILES string of the molecule is COc1ccc([C@H]2[C@H]3CNC[C@H]3CN2C(=O)Cc2cccc(C)c2)cc1. The van der Waals surface area contributed by atoms with Crippen molar-refractivity contribution < 1.29 is 9.53 Å². The van der Waals surface area contributed by atoms with E-state index in [-0.39, 0.29) is 11.9 Å². The maximum atomic E-state index is 13.1. The Kier molecular flexibility index (Phi) is 4.68. The van der Waals surface area contributed by atoms with Crippen LogP contribution in [0, 0.1) is 18.8 Å². The maximum Gasteiger partial charge on any atom is 0.227 e. The minimum atomic E-state index is 0.151. The number of methoxy groups -OCH3 is 1. The highest BCUT2D eigenvalue weighted by Crippen LogP contribution is 2.43. The summed E-state index contributed by atoms with van der Waals surface area (Å²) in [7, 11) is 1.68. The molecule has 26 heavy (non-hydrogen) atoms. The standard InChI is InChI=1S/C22H26N2O2/c1-15-4-3-5-16(10-15)11-21(25)24-14-18-12-23-13-20(18)22(24)17-6-8-19(26-2)9-7-17/h3-10,18,20,22-23H,11-14H2,1-2H3/t18-,20-,22-/m0/s1. The van der Waals surface area contributed by atoms with Crippen LogP contribution in [-0.2, 0) is 11.2 Å². The van der Waals surface area contributed by atoms with Crippen molar-refractivity contribution in [2.45, 2.75) is 19.4 Å². The quantitative estimate of drug-likeness (QED) is 0.922. The summed E-state index contributed by atoms with van der Waals surface area (Å²) in [6, 6.07) is 16.6. The van der Waals surface area contributed by atoms with Crippen molar-refractivity contribution in [3.05, 3.63) is 65.2 Å². The first-order valence-electron chi connectivity index (χ1n) is 9.35. The number of amides is 1. The van der Waals surface area contributed by atoms with E-state index in [0.29, 0.717) is 18.3 Å². The molecule has 3 atom stereocenters. The molecule has 0 unspecified atom stereocenters. The molecule has 2 aromatic rings. The Bertz CT molecular complexity index is 787. The average Bonchev–Trinajstić information content (AvgIpc) is 3.23. The number of rotatable bonds is 4. The van der Waals surface area contributed by atoms with Gasteiger partial charge in [-0.15, -0.1) is 0 Å². The van der Waals surface area contributed by atoms with Gasteiger partial charge in [0.2, 0.25) is 5.91 Å². The molecule has 0 radical (unpaired) electrons. The van der Waals surface area contributed by atoms with E-state index in [1.165, 1.54) is 11.1 Å². The normalized spacial score (nSPS) is 24.5. The lowest BCUT2D eigenvalue weighted by Gasteiger charge is -2.29. The minimum Gasteiger partial charge on any atom is -0.497 e. The molecule has 136 valence electrons. The van der Waals surface area contributed by atoms with Crippen molar-refractivity contribution in [1.29, 1.82) is 0 Å². The predicted octanol–water partition coefficient (Wildman–Crippen LogP) is 2.97. The van der Waals surface area contributed by atoms with Crippen LogP contribution in [-0.4, -0.2) is 37.6 Å². The van der Waals surface area contributed by atoms with Crippen molar-refractivity contribution in [1.82, 2.24) is 10.2 Å². The Labute approximate surface area is 155 Å². The molecular weight excluding hydrogens is 324 g/mol. The molecule has 0 aliphatic carbocycles. The van der Waals surface area contributed by atoms with Gasteiger partial charge in [-0.25, -0.2) is 0 Å². The van der Waals surface area contributed by atoms with Crippen molar-refractivity contribution in [3.8, 4) is 5.75 Å².